The van der Waals surface area contributed by atoms with Gasteiger partial charge in [0, 0.05) is 45.2 Å². The maximum Gasteiger partial charge on any atom is 0.251 e. The molecule has 0 bridgehead atoms. The van der Waals surface area contributed by atoms with E-state index in [2.05, 4.69) is 4.98 Å². The van der Waals surface area contributed by atoms with Crippen molar-refractivity contribution in [3.63, 3.8) is 0 Å². The molecule has 1 amide bonds. The molecule has 0 spiro atoms. The summed E-state index contributed by atoms with van der Waals surface area (Å²) in [6, 6.07) is 5.52. The molecule has 1 aromatic rings. The van der Waals surface area contributed by atoms with Crippen LogP contribution in [0.4, 0.5) is 14.6 Å². The molecule has 24 heavy (non-hydrogen) atoms. The Hall–Kier alpha value is -2.23. The Kier molecular flexibility index (Phi) is 4.65. The molecule has 1 atom stereocenters. The molecule has 0 N–H and O–H groups in total. The van der Waals surface area contributed by atoms with E-state index in [1.165, 1.54) is 6.20 Å². The number of rotatable bonds is 2. The predicted octanol–water partition coefficient (Wildman–Crippen LogP) is 2.43. The van der Waals surface area contributed by atoms with E-state index in [4.69, 9.17) is 5.26 Å². The zero-order valence-electron chi connectivity index (χ0n) is 13.4. The van der Waals surface area contributed by atoms with Crippen LogP contribution in [0.3, 0.4) is 0 Å². The van der Waals surface area contributed by atoms with Gasteiger partial charge < -0.3 is 9.80 Å². The second-order valence-corrected chi connectivity index (χ2v) is 6.48. The van der Waals surface area contributed by atoms with Gasteiger partial charge in [-0.3, -0.25) is 4.79 Å². The second-order valence-electron chi connectivity index (χ2n) is 6.48. The van der Waals surface area contributed by atoms with E-state index in [1.807, 2.05) is 11.0 Å². The lowest BCUT2D eigenvalue weighted by atomic mass is 9.95. The molecule has 2 aliphatic rings. The lowest BCUT2D eigenvalue weighted by molar-refractivity contribution is -0.141. The third-order valence-electron chi connectivity index (χ3n) is 4.78. The maximum atomic E-state index is 13.3. The topological polar surface area (TPSA) is 60.2 Å². The highest BCUT2D eigenvalue weighted by molar-refractivity contribution is 5.80. The summed E-state index contributed by atoms with van der Waals surface area (Å²) < 4.78 is 26.5. The van der Waals surface area contributed by atoms with Crippen molar-refractivity contribution in [3.05, 3.63) is 23.9 Å². The quantitative estimate of drug-likeness (QED) is 0.833. The van der Waals surface area contributed by atoms with Crippen LogP contribution >= 0.6 is 0 Å². The van der Waals surface area contributed by atoms with E-state index in [1.54, 1.807) is 17.0 Å². The number of alkyl halides is 2. The van der Waals surface area contributed by atoms with Gasteiger partial charge >= 0.3 is 0 Å². The molecule has 1 aromatic heterocycles. The fourth-order valence-electron chi connectivity index (χ4n) is 3.34. The van der Waals surface area contributed by atoms with Crippen molar-refractivity contribution in [2.45, 2.75) is 31.6 Å². The summed E-state index contributed by atoms with van der Waals surface area (Å²) in [5, 5.41) is 8.83. The van der Waals surface area contributed by atoms with Crippen LogP contribution in [0.15, 0.2) is 18.3 Å². The molecule has 0 aliphatic carbocycles. The number of likely N-dealkylation sites (tertiary alicyclic amines) is 1. The standard InChI is InChI=1S/C17H20F2N4O/c18-17(19)5-8-22(9-6-17)16(24)14-2-1-7-23(12-14)15-4-3-13(10-20)11-21-15/h3-4,11,14H,1-2,5-9,12H2. The Morgan fingerprint density at radius 1 is 1.29 bits per heavy atom. The van der Waals surface area contributed by atoms with Crippen molar-refractivity contribution in [2.24, 2.45) is 5.92 Å². The molecule has 2 fully saturated rings. The molecule has 128 valence electrons. The van der Waals surface area contributed by atoms with Crippen LogP contribution in [0.5, 0.6) is 0 Å². The zero-order chi connectivity index (χ0) is 17.2. The van der Waals surface area contributed by atoms with Crippen molar-refractivity contribution >= 4 is 11.7 Å². The minimum absolute atomic E-state index is 0.0242. The maximum absolute atomic E-state index is 13.3. The lowest BCUT2D eigenvalue weighted by Crippen LogP contribution is -2.49. The van der Waals surface area contributed by atoms with Crippen molar-refractivity contribution in [1.82, 2.24) is 9.88 Å². The number of aromatic nitrogens is 1. The molecular weight excluding hydrogens is 314 g/mol. The molecule has 1 unspecified atom stereocenters. The molecule has 2 aliphatic heterocycles. The number of anilines is 1. The number of pyridine rings is 1. The summed E-state index contributed by atoms with van der Waals surface area (Å²) >= 11 is 0. The number of halogens is 2. The normalized spacial score (nSPS) is 23.6. The molecule has 2 saturated heterocycles. The van der Waals surface area contributed by atoms with Crippen LogP contribution in [0, 0.1) is 17.2 Å². The Morgan fingerprint density at radius 2 is 2.04 bits per heavy atom. The average molecular weight is 334 g/mol. The van der Waals surface area contributed by atoms with Gasteiger partial charge in [-0.1, -0.05) is 0 Å². The van der Waals surface area contributed by atoms with Crippen molar-refractivity contribution in [2.75, 3.05) is 31.1 Å². The highest BCUT2D eigenvalue weighted by Gasteiger charge is 2.38. The Bertz CT molecular complexity index is 631. The van der Waals surface area contributed by atoms with Crippen LogP contribution < -0.4 is 4.90 Å². The number of piperidine rings is 2. The number of hydrogen-bond acceptors (Lipinski definition) is 4. The van der Waals surface area contributed by atoms with Crippen LogP contribution in [0.2, 0.25) is 0 Å². The fourth-order valence-corrected chi connectivity index (χ4v) is 3.34. The highest BCUT2D eigenvalue weighted by Crippen LogP contribution is 2.30. The molecule has 0 saturated carbocycles. The Morgan fingerprint density at radius 3 is 2.67 bits per heavy atom. The monoisotopic (exact) mass is 334 g/mol. The van der Waals surface area contributed by atoms with Gasteiger partial charge in [0.1, 0.15) is 11.9 Å². The van der Waals surface area contributed by atoms with Crippen LogP contribution in [0.1, 0.15) is 31.2 Å². The zero-order valence-corrected chi connectivity index (χ0v) is 13.4. The Labute approximate surface area is 139 Å². The fraction of sp³-hybridized carbons (Fsp3) is 0.588. The van der Waals surface area contributed by atoms with Crippen molar-refractivity contribution in [1.29, 1.82) is 5.26 Å². The lowest BCUT2D eigenvalue weighted by Gasteiger charge is -2.38. The number of hydrogen-bond donors (Lipinski definition) is 0. The number of carbonyl (C=O) groups is 1. The van der Waals surface area contributed by atoms with Crippen LogP contribution in [-0.2, 0) is 4.79 Å². The number of carbonyl (C=O) groups excluding carboxylic acids is 1. The van der Waals surface area contributed by atoms with Crippen LogP contribution in [0.25, 0.3) is 0 Å². The second kappa shape index (κ2) is 6.71. The van der Waals surface area contributed by atoms with Gasteiger partial charge in [0.05, 0.1) is 11.5 Å². The van der Waals surface area contributed by atoms with E-state index < -0.39 is 5.92 Å². The van der Waals surface area contributed by atoms with Gasteiger partial charge in [0.2, 0.25) is 5.91 Å². The summed E-state index contributed by atoms with van der Waals surface area (Å²) in [6.45, 7) is 1.63. The van der Waals surface area contributed by atoms with Crippen LogP contribution in [-0.4, -0.2) is 47.9 Å². The van der Waals surface area contributed by atoms with Gasteiger partial charge in [-0.25, -0.2) is 13.8 Å². The first-order valence-corrected chi connectivity index (χ1v) is 8.26. The first-order chi connectivity index (χ1) is 11.5. The molecule has 3 heterocycles. The molecular formula is C17H20F2N4O. The van der Waals surface area contributed by atoms with Gasteiger partial charge in [0.15, 0.2) is 0 Å². The molecule has 7 heteroatoms. The molecule has 3 rings (SSSR count). The summed E-state index contributed by atoms with van der Waals surface area (Å²) in [4.78, 5) is 20.5. The number of nitrogens with zero attached hydrogens (tertiary/aromatic N) is 4. The van der Waals surface area contributed by atoms with Crippen molar-refractivity contribution in [3.8, 4) is 6.07 Å². The third-order valence-corrected chi connectivity index (χ3v) is 4.78. The van der Waals surface area contributed by atoms with Gasteiger partial charge in [-0.2, -0.15) is 5.26 Å². The first kappa shape index (κ1) is 16.6. The summed E-state index contributed by atoms with van der Waals surface area (Å²) in [7, 11) is 0. The number of amides is 1. The SMILES string of the molecule is N#Cc1ccc(N2CCCC(C(=O)N3CCC(F)(F)CC3)C2)nc1. The van der Waals surface area contributed by atoms with Gasteiger partial charge in [-0.15, -0.1) is 0 Å². The van der Waals surface area contributed by atoms with Crippen molar-refractivity contribution < 1.29 is 13.6 Å². The minimum Gasteiger partial charge on any atom is -0.356 e. The van der Waals surface area contributed by atoms with E-state index in [0.717, 1.165) is 25.2 Å². The van der Waals surface area contributed by atoms with E-state index in [0.29, 0.717) is 12.1 Å². The largest absolute Gasteiger partial charge is 0.356 e. The highest BCUT2D eigenvalue weighted by atomic mass is 19.3. The average Bonchev–Trinajstić information content (AvgIpc) is 2.61. The summed E-state index contributed by atoms with van der Waals surface area (Å²) in [6.07, 6.45) is 2.67. The molecule has 5 nitrogen and oxygen atoms in total. The van der Waals surface area contributed by atoms with Gasteiger partial charge in [-0.05, 0) is 25.0 Å². The van der Waals surface area contributed by atoms with Gasteiger partial charge in [0.25, 0.3) is 5.92 Å². The smallest absolute Gasteiger partial charge is 0.251 e. The minimum atomic E-state index is -2.64. The first-order valence-electron chi connectivity index (χ1n) is 8.26. The molecule has 0 aromatic carbocycles. The summed E-state index contributed by atoms with van der Waals surface area (Å²) in [5.41, 5.74) is 0.498. The number of nitriles is 1. The van der Waals surface area contributed by atoms with E-state index >= 15 is 0 Å². The van der Waals surface area contributed by atoms with E-state index in [-0.39, 0.29) is 37.8 Å². The molecule has 0 radical (unpaired) electrons. The third kappa shape index (κ3) is 3.64. The summed E-state index contributed by atoms with van der Waals surface area (Å²) in [5.74, 6) is -2.09. The predicted molar refractivity (Wildman–Crippen MR) is 84.7 cm³/mol. The Balaban J connectivity index is 1.62. The van der Waals surface area contributed by atoms with E-state index in [9.17, 15) is 13.6 Å².